The van der Waals surface area contributed by atoms with Crippen molar-refractivity contribution in [2.75, 3.05) is 0 Å². The van der Waals surface area contributed by atoms with Crippen LogP contribution in [0.1, 0.15) is 24.1 Å². The van der Waals surface area contributed by atoms with E-state index in [-0.39, 0.29) is 0 Å². The van der Waals surface area contributed by atoms with E-state index < -0.39 is 0 Å². The standard InChI is InChI=1S/C11H13N3O/c1-8(5-10-7-12-14-13-10)9-3-2-4-11(15)6-9/h2-4,6-8,15H,5H2,1H3,(H,12,13,14). The van der Waals surface area contributed by atoms with E-state index >= 15 is 0 Å². The largest absolute Gasteiger partial charge is 0.508 e. The quantitative estimate of drug-likeness (QED) is 0.800. The van der Waals surface area contributed by atoms with Gasteiger partial charge in [-0.2, -0.15) is 15.4 Å². The van der Waals surface area contributed by atoms with Gasteiger partial charge in [-0.15, -0.1) is 0 Å². The normalized spacial score (nSPS) is 12.6. The summed E-state index contributed by atoms with van der Waals surface area (Å²) in [4.78, 5) is 0. The monoisotopic (exact) mass is 203 g/mol. The molecule has 0 spiro atoms. The van der Waals surface area contributed by atoms with Gasteiger partial charge in [-0.05, 0) is 30.0 Å². The van der Waals surface area contributed by atoms with Crippen LogP contribution in [0.4, 0.5) is 0 Å². The molecule has 0 aliphatic rings. The number of phenolic OH excluding ortho intramolecular Hbond substituents is 1. The zero-order chi connectivity index (χ0) is 10.7. The van der Waals surface area contributed by atoms with E-state index in [0.29, 0.717) is 11.7 Å². The lowest BCUT2D eigenvalue weighted by atomic mass is 9.96. The molecule has 4 heteroatoms. The van der Waals surface area contributed by atoms with Crippen molar-refractivity contribution in [2.45, 2.75) is 19.3 Å². The van der Waals surface area contributed by atoms with E-state index in [9.17, 15) is 5.11 Å². The van der Waals surface area contributed by atoms with E-state index in [1.54, 1.807) is 18.3 Å². The first-order chi connectivity index (χ1) is 7.25. The molecule has 2 rings (SSSR count). The van der Waals surface area contributed by atoms with Gasteiger partial charge in [-0.3, -0.25) is 0 Å². The molecule has 1 aromatic heterocycles. The molecule has 1 heterocycles. The lowest BCUT2D eigenvalue weighted by molar-refractivity contribution is 0.474. The summed E-state index contributed by atoms with van der Waals surface area (Å²) in [5.74, 6) is 0.627. The lowest BCUT2D eigenvalue weighted by Gasteiger charge is -2.09. The van der Waals surface area contributed by atoms with E-state index in [1.165, 1.54) is 0 Å². The van der Waals surface area contributed by atoms with Crippen LogP contribution in [0.5, 0.6) is 5.75 Å². The Balaban J connectivity index is 2.11. The zero-order valence-corrected chi connectivity index (χ0v) is 8.51. The summed E-state index contributed by atoms with van der Waals surface area (Å²) >= 11 is 0. The van der Waals surface area contributed by atoms with Crippen LogP contribution in [0.15, 0.2) is 30.5 Å². The third kappa shape index (κ3) is 2.34. The molecule has 1 aromatic carbocycles. The fourth-order valence-corrected chi connectivity index (χ4v) is 1.59. The highest BCUT2D eigenvalue weighted by molar-refractivity contribution is 5.29. The molecule has 0 amide bonds. The maximum absolute atomic E-state index is 9.35. The molecule has 78 valence electrons. The second kappa shape index (κ2) is 4.13. The van der Waals surface area contributed by atoms with Gasteiger partial charge in [-0.25, -0.2) is 0 Å². The molecule has 0 bridgehead atoms. The van der Waals surface area contributed by atoms with E-state index in [1.807, 2.05) is 12.1 Å². The van der Waals surface area contributed by atoms with Gasteiger partial charge in [0.15, 0.2) is 0 Å². The van der Waals surface area contributed by atoms with Gasteiger partial charge >= 0.3 is 0 Å². The van der Waals surface area contributed by atoms with Crippen molar-refractivity contribution >= 4 is 0 Å². The molecular weight excluding hydrogens is 190 g/mol. The molecule has 1 unspecified atom stereocenters. The van der Waals surface area contributed by atoms with Gasteiger partial charge in [0, 0.05) is 0 Å². The van der Waals surface area contributed by atoms with Crippen molar-refractivity contribution < 1.29 is 5.11 Å². The first kappa shape index (κ1) is 9.71. The number of rotatable bonds is 3. The number of nitrogens with zero attached hydrogens (tertiary/aromatic N) is 2. The van der Waals surface area contributed by atoms with Crippen molar-refractivity contribution in [1.29, 1.82) is 0 Å². The van der Waals surface area contributed by atoms with Crippen molar-refractivity contribution in [2.24, 2.45) is 0 Å². The third-order valence-electron chi connectivity index (χ3n) is 2.42. The molecule has 0 aliphatic heterocycles. The average molecular weight is 203 g/mol. The molecular formula is C11H13N3O. The molecule has 15 heavy (non-hydrogen) atoms. The fourth-order valence-electron chi connectivity index (χ4n) is 1.59. The second-order valence-electron chi connectivity index (χ2n) is 3.66. The Morgan fingerprint density at radius 1 is 1.47 bits per heavy atom. The summed E-state index contributed by atoms with van der Waals surface area (Å²) in [7, 11) is 0. The van der Waals surface area contributed by atoms with Gasteiger partial charge in [0.2, 0.25) is 0 Å². The molecule has 0 saturated carbocycles. The van der Waals surface area contributed by atoms with Crippen molar-refractivity contribution in [3.63, 3.8) is 0 Å². The first-order valence-electron chi connectivity index (χ1n) is 4.89. The molecule has 2 N–H and O–H groups in total. The minimum atomic E-state index is 0.305. The highest BCUT2D eigenvalue weighted by Crippen LogP contribution is 2.22. The lowest BCUT2D eigenvalue weighted by Crippen LogP contribution is -1.98. The van der Waals surface area contributed by atoms with Gasteiger partial charge in [0.1, 0.15) is 5.75 Å². The van der Waals surface area contributed by atoms with Crippen LogP contribution in [0.2, 0.25) is 0 Å². The van der Waals surface area contributed by atoms with Crippen LogP contribution in [-0.4, -0.2) is 20.5 Å². The van der Waals surface area contributed by atoms with Crippen LogP contribution in [0, 0.1) is 0 Å². The minimum Gasteiger partial charge on any atom is -0.508 e. The number of aromatic hydroxyl groups is 1. The van der Waals surface area contributed by atoms with Gasteiger partial charge in [-0.1, -0.05) is 19.1 Å². The van der Waals surface area contributed by atoms with Crippen LogP contribution in [0.3, 0.4) is 0 Å². The summed E-state index contributed by atoms with van der Waals surface area (Å²) in [5, 5.41) is 19.7. The van der Waals surface area contributed by atoms with Crippen LogP contribution in [-0.2, 0) is 6.42 Å². The number of nitrogens with one attached hydrogen (secondary N) is 1. The number of benzene rings is 1. The predicted molar refractivity (Wildman–Crippen MR) is 56.6 cm³/mol. The number of aromatic nitrogens is 3. The first-order valence-corrected chi connectivity index (χ1v) is 4.89. The Labute approximate surface area is 88.0 Å². The van der Waals surface area contributed by atoms with E-state index in [2.05, 4.69) is 22.3 Å². The SMILES string of the molecule is CC(Cc1cn[nH]n1)c1cccc(O)c1. The predicted octanol–water partition coefficient (Wildman–Crippen LogP) is 1.86. The number of hydrogen-bond acceptors (Lipinski definition) is 3. The second-order valence-corrected chi connectivity index (χ2v) is 3.66. The Bertz CT molecular complexity index is 425. The smallest absolute Gasteiger partial charge is 0.115 e. The highest BCUT2D eigenvalue weighted by atomic mass is 16.3. The Kier molecular flexibility index (Phi) is 2.67. The van der Waals surface area contributed by atoms with Crippen molar-refractivity contribution in [3.8, 4) is 5.75 Å². The molecule has 0 radical (unpaired) electrons. The van der Waals surface area contributed by atoms with E-state index in [0.717, 1.165) is 17.7 Å². The van der Waals surface area contributed by atoms with Crippen molar-refractivity contribution in [1.82, 2.24) is 15.4 Å². The zero-order valence-electron chi connectivity index (χ0n) is 8.51. The summed E-state index contributed by atoms with van der Waals surface area (Å²) in [6, 6.07) is 7.31. The molecule has 1 atom stereocenters. The summed E-state index contributed by atoms with van der Waals surface area (Å²) < 4.78 is 0. The average Bonchev–Trinajstić information content (AvgIpc) is 2.70. The topological polar surface area (TPSA) is 61.8 Å². The van der Waals surface area contributed by atoms with Gasteiger partial charge in [0.05, 0.1) is 11.9 Å². The summed E-state index contributed by atoms with van der Waals surface area (Å²) in [6.45, 7) is 2.10. The Morgan fingerprint density at radius 2 is 2.33 bits per heavy atom. The number of phenols is 1. The van der Waals surface area contributed by atoms with Gasteiger partial charge < -0.3 is 5.11 Å². The molecule has 4 nitrogen and oxygen atoms in total. The minimum absolute atomic E-state index is 0.305. The maximum atomic E-state index is 9.35. The van der Waals surface area contributed by atoms with Crippen LogP contribution >= 0.6 is 0 Å². The number of H-pyrrole nitrogens is 1. The van der Waals surface area contributed by atoms with Crippen LogP contribution < -0.4 is 0 Å². The number of hydrogen-bond donors (Lipinski definition) is 2. The Hall–Kier alpha value is -1.84. The summed E-state index contributed by atoms with van der Waals surface area (Å²) in [5.41, 5.74) is 2.05. The fraction of sp³-hybridized carbons (Fsp3) is 0.273. The third-order valence-corrected chi connectivity index (χ3v) is 2.42. The van der Waals surface area contributed by atoms with Crippen LogP contribution in [0.25, 0.3) is 0 Å². The molecule has 0 saturated heterocycles. The number of aromatic amines is 1. The summed E-state index contributed by atoms with van der Waals surface area (Å²) in [6.07, 6.45) is 2.54. The Morgan fingerprint density at radius 3 is 3.00 bits per heavy atom. The molecule has 0 fully saturated rings. The van der Waals surface area contributed by atoms with Crippen molar-refractivity contribution in [3.05, 3.63) is 41.7 Å². The molecule has 0 aliphatic carbocycles. The molecule has 2 aromatic rings. The van der Waals surface area contributed by atoms with Gasteiger partial charge in [0.25, 0.3) is 0 Å². The maximum Gasteiger partial charge on any atom is 0.115 e. The highest BCUT2D eigenvalue weighted by Gasteiger charge is 2.08. The van der Waals surface area contributed by atoms with E-state index in [4.69, 9.17) is 0 Å².